The Morgan fingerprint density at radius 2 is 2.29 bits per heavy atom. The Kier molecular flexibility index (Phi) is 2.85. The van der Waals surface area contributed by atoms with E-state index in [1.54, 1.807) is 0 Å². The highest BCUT2D eigenvalue weighted by Crippen LogP contribution is 2.19. The Bertz CT molecular complexity index is 322. The van der Waals surface area contributed by atoms with Crippen LogP contribution in [-0.2, 0) is 19.6 Å². The van der Waals surface area contributed by atoms with Crippen molar-refractivity contribution < 1.29 is 5.11 Å². The van der Waals surface area contributed by atoms with Gasteiger partial charge >= 0.3 is 0 Å². The van der Waals surface area contributed by atoms with Gasteiger partial charge in [0.2, 0.25) is 0 Å². The highest BCUT2D eigenvalue weighted by atomic mass is 16.3. The number of rotatable bonds is 2. The Labute approximate surface area is 85.0 Å². The molecule has 14 heavy (non-hydrogen) atoms. The van der Waals surface area contributed by atoms with E-state index in [-0.39, 0.29) is 6.61 Å². The first kappa shape index (κ1) is 9.69. The first-order valence-corrected chi connectivity index (χ1v) is 5.28. The molecule has 1 aliphatic rings. The smallest absolute Gasteiger partial charge is 0.0681 e. The fourth-order valence-corrected chi connectivity index (χ4v) is 2.02. The Balaban J connectivity index is 2.25. The maximum Gasteiger partial charge on any atom is 0.0681 e. The molecule has 2 rings (SSSR count). The lowest BCUT2D eigenvalue weighted by Crippen LogP contribution is -2.34. The van der Waals surface area contributed by atoms with Gasteiger partial charge in [-0.05, 0) is 29.5 Å². The lowest BCUT2D eigenvalue weighted by atomic mass is 9.93. The standard InChI is InChI=1S/C12H17NO/c1-2-12-6-11-5-9(8-14)3-4-10(11)7-13-12/h3-5,12-14H,2,6-8H2,1H3. The van der Waals surface area contributed by atoms with Gasteiger partial charge in [0.05, 0.1) is 6.61 Å². The summed E-state index contributed by atoms with van der Waals surface area (Å²) in [4.78, 5) is 0. The molecule has 2 N–H and O–H groups in total. The van der Waals surface area contributed by atoms with E-state index in [0.29, 0.717) is 6.04 Å². The first-order valence-electron chi connectivity index (χ1n) is 5.28. The van der Waals surface area contributed by atoms with Crippen molar-refractivity contribution in [3.63, 3.8) is 0 Å². The van der Waals surface area contributed by atoms with Crippen LogP contribution in [0.25, 0.3) is 0 Å². The fraction of sp³-hybridized carbons (Fsp3) is 0.500. The van der Waals surface area contributed by atoms with E-state index in [0.717, 1.165) is 18.5 Å². The number of hydrogen-bond donors (Lipinski definition) is 2. The van der Waals surface area contributed by atoms with Crippen molar-refractivity contribution in [1.82, 2.24) is 5.32 Å². The summed E-state index contributed by atoms with van der Waals surface area (Å²) in [6, 6.07) is 6.88. The molecule has 1 unspecified atom stereocenters. The average molecular weight is 191 g/mol. The number of benzene rings is 1. The van der Waals surface area contributed by atoms with Crippen molar-refractivity contribution in [2.75, 3.05) is 0 Å². The van der Waals surface area contributed by atoms with Gasteiger partial charge in [-0.25, -0.2) is 0 Å². The Morgan fingerprint density at radius 3 is 3.00 bits per heavy atom. The van der Waals surface area contributed by atoms with Crippen LogP contribution in [0.1, 0.15) is 30.0 Å². The minimum Gasteiger partial charge on any atom is -0.392 e. The molecule has 1 heterocycles. The van der Waals surface area contributed by atoms with Gasteiger partial charge in [-0.2, -0.15) is 0 Å². The lowest BCUT2D eigenvalue weighted by Gasteiger charge is -2.25. The second-order valence-corrected chi connectivity index (χ2v) is 3.95. The van der Waals surface area contributed by atoms with Crippen LogP contribution >= 0.6 is 0 Å². The third-order valence-corrected chi connectivity index (χ3v) is 2.99. The number of aliphatic hydroxyl groups excluding tert-OH is 1. The molecule has 2 nitrogen and oxygen atoms in total. The van der Waals surface area contributed by atoms with Crippen LogP contribution in [0.5, 0.6) is 0 Å². The second-order valence-electron chi connectivity index (χ2n) is 3.95. The van der Waals surface area contributed by atoms with Crippen LogP contribution in [0.2, 0.25) is 0 Å². The molecule has 76 valence electrons. The molecule has 0 radical (unpaired) electrons. The molecule has 0 amide bonds. The van der Waals surface area contributed by atoms with Crippen LogP contribution in [-0.4, -0.2) is 11.1 Å². The molecule has 1 atom stereocenters. The van der Waals surface area contributed by atoms with Gasteiger partial charge in [0.25, 0.3) is 0 Å². The number of aliphatic hydroxyl groups is 1. The third-order valence-electron chi connectivity index (χ3n) is 2.99. The normalized spacial score (nSPS) is 20.6. The molecule has 0 fully saturated rings. The summed E-state index contributed by atoms with van der Waals surface area (Å²) in [5.74, 6) is 0. The molecular weight excluding hydrogens is 174 g/mol. The van der Waals surface area contributed by atoms with E-state index < -0.39 is 0 Å². The Hall–Kier alpha value is -0.860. The molecule has 0 aromatic heterocycles. The van der Waals surface area contributed by atoms with E-state index in [1.165, 1.54) is 17.5 Å². The minimum atomic E-state index is 0.150. The fourth-order valence-electron chi connectivity index (χ4n) is 2.02. The van der Waals surface area contributed by atoms with Crippen LogP contribution in [0, 0.1) is 0 Å². The van der Waals surface area contributed by atoms with Crippen molar-refractivity contribution in [3.05, 3.63) is 34.9 Å². The van der Waals surface area contributed by atoms with Crippen molar-refractivity contribution in [2.45, 2.75) is 39.0 Å². The van der Waals surface area contributed by atoms with E-state index in [4.69, 9.17) is 5.11 Å². The van der Waals surface area contributed by atoms with Gasteiger partial charge in [-0.3, -0.25) is 0 Å². The van der Waals surface area contributed by atoms with Gasteiger partial charge in [0, 0.05) is 12.6 Å². The maximum atomic E-state index is 9.05. The predicted octanol–water partition coefficient (Wildman–Crippen LogP) is 1.60. The number of fused-ring (bicyclic) bond motifs is 1. The van der Waals surface area contributed by atoms with Gasteiger partial charge in [-0.1, -0.05) is 25.1 Å². The van der Waals surface area contributed by atoms with Crippen molar-refractivity contribution in [1.29, 1.82) is 0 Å². The second kappa shape index (κ2) is 4.11. The van der Waals surface area contributed by atoms with Crippen LogP contribution in [0.4, 0.5) is 0 Å². The van der Waals surface area contributed by atoms with E-state index in [1.807, 2.05) is 6.07 Å². The summed E-state index contributed by atoms with van der Waals surface area (Å²) in [5, 5.41) is 12.5. The van der Waals surface area contributed by atoms with Crippen molar-refractivity contribution in [3.8, 4) is 0 Å². The van der Waals surface area contributed by atoms with Gasteiger partial charge in [0.1, 0.15) is 0 Å². The summed E-state index contributed by atoms with van der Waals surface area (Å²) >= 11 is 0. The summed E-state index contributed by atoms with van der Waals surface area (Å²) in [7, 11) is 0. The van der Waals surface area contributed by atoms with Gasteiger partial charge in [-0.15, -0.1) is 0 Å². The van der Waals surface area contributed by atoms with E-state index in [9.17, 15) is 0 Å². The Morgan fingerprint density at radius 1 is 1.43 bits per heavy atom. The molecule has 0 aliphatic carbocycles. The topological polar surface area (TPSA) is 32.3 Å². The van der Waals surface area contributed by atoms with E-state index >= 15 is 0 Å². The molecule has 2 heteroatoms. The summed E-state index contributed by atoms with van der Waals surface area (Å²) in [5.41, 5.74) is 3.81. The highest BCUT2D eigenvalue weighted by Gasteiger charge is 2.16. The zero-order valence-electron chi connectivity index (χ0n) is 8.59. The third kappa shape index (κ3) is 1.81. The molecule has 0 spiro atoms. The summed E-state index contributed by atoms with van der Waals surface area (Å²) in [6.45, 7) is 3.33. The zero-order chi connectivity index (χ0) is 9.97. The predicted molar refractivity (Wildman–Crippen MR) is 57.0 cm³/mol. The SMILES string of the molecule is CCC1Cc2cc(CO)ccc2CN1. The summed E-state index contributed by atoms with van der Waals surface area (Å²) < 4.78 is 0. The molecule has 0 saturated heterocycles. The quantitative estimate of drug-likeness (QED) is 0.744. The van der Waals surface area contributed by atoms with Crippen LogP contribution in [0.15, 0.2) is 18.2 Å². The monoisotopic (exact) mass is 191 g/mol. The van der Waals surface area contributed by atoms with Crippen LogP contribution in [0.3, 0.4) is 0 Å². The molecule has 1 aromatic rings. The van der Waals surface area contributed by atoms with Gasteiger partial charge < -0.3 is 10.4 Å². The largest absolute Gasteiger partial charge is 0.392 e. The molecule has 1 aliphatic heterocycles. The first-order chi connectivity index (χ1) is 6.83. The van der Waals surface area contributed by atoms with Gasteiger partial charge in [0.15, 0.2) is 0 Å². The molecular formula is C12H17NO. The van der Waals surface area contributed by atoms with Crippen molar-refractivity contribution >= 4 is 0 Å². The molecule has 1 aromatic carbocycles. The molecule has 0 saturated carbocycles. The lowest BCUT2D eigenvalue weighted by molar-refractivity contribution is 0.281. The van der Waals surface area contributed by atoms with E-state index in [2.05, 4.69) is 24.4 Å². The summed E-state index contributed by atoms with van der Waals surface area (Å²) in [6.07, 6.45) is 2.27. The van der Waals surface area contributed by atoms with Crippen molar-refractivity contribution in [2.24, 2.45) is 0 Å². The van der Waals surface area contributed by atoms with Crippen LogP contribution < -0.4 is 5.32 Å². The molecule has 0 bridgehead atoms. The zero-order valence-corrected chi connectivity index (χ0v) is 8.59. The maximum absolute atomic E-state index is 9.05. The number of hydrogen-bond acceptors (Lipinski definition) is 2. The minimum absolute atomic E-state index is 0.150. The average Bonchev–Trinajstić information content (AvgIpc) is 2.27. The highest BCUT2D eigenvalue weighted by molar-refractivity contribution is 5.34. The number of nitrogens with one attached hydrogen (secondary N) is 1.